The lowest BCUT2D eigenvalue weighted by Crippen LogP contribution is -2.42. The Bertz CT molecular complexity index is 1810. The Balaban J connectivity index is 1.06. The number of Topliss-reactive ketones (excluding diaryl/α,β-unsaturated/α-hetero) is 1. The average molecular weight is 627 g/mol. The molecule has 4 heterocycles. The van der Waals surface area contributed by atoms with E-state index in [1.807, 2.05) is 13.1 Å². The highest BCUT2D eigenvalue weighted by Crippen LogP contribution is 2.68. The topological polar surface area (TPSA) is 134 Å². The Morgan fingerprint density at radius 3 is 2.80 bits per heavy atom. The van der Waals surface area contributed by atoms with E-state index < -0.39 is 6.10 Å². The summed E-state index contributed by atoms with van der Waals surface area (Å²) in [5.41, 5.74) is 3.84. The zero-order valence-corrected chi connectivity index (χ0v) is 27.1. The summed E-state index contributed by atoms with van der Waals surface area (Å²) < 4.78 is 0. The van der Waals surface area contributed by atoms with Gasteiger partial charge in [-0.1, -0.05) is 6.92 Å². The van der Waals surface area contributed by atoms with Gasteiger partial charge in [0.05, 0.1) is 34.6 Å². The summed E-state index contributed by atoms with van der Waals surface area (Å²) in [6, 6.07) is 4.97. The lowest BCUT2D eigenvalue weighted by atomic mass is 9.81. The second kappa shape index (κ2) is 10.6. The van der Waals surface area contributed by atoms with Crippen LogP contribution in [0.5, 0.6) is 0 Å². The van der Waals surface area contributed by atoms with E-state index in [2.05, 4.69) is 56.5 Å². The van der Waals surface area contributed by atoms with Crippen molar-refractivity contribution in [2.24, 2.45) is 22.7 Å². The number of nitrogens with zero attached hydrogens (tertiary/aromatic N) is 5. The van der Waals surface area contributed by atoms with Gasteiger partial charge in [0.25, 0.3) is 0 Å². The highest BCUT2D eigenvalue weighted by atomic mass is 32.1. The zero-order chi connectivity index (χ0) is 31.1. The number of nitrogens with one attached hydrogen (secondary N) is 3. The van der Waals surface area contributed by atoms with Crippen molar-refractivity contribution in [2.45, 2.75) is 70.4 Å². The third-order valence-electron chi connectivity index (χ3n) is 11.5. The molecule has 10 nitrogen and oxygen atoms in total. The van der Waals surface area contributed by atoms with Gasteiger partial charge in [-0.15, -0.1) is 11.3 Å². The summed E-state index contributed by atoms with van der Waals surface area (Å²) in [6.45, 7) is 4.01. The SMILES string of the molecule is CN(C)C1CCN(c2cc3[nH]ncc3cc2Nc2ncnc3sc4c(c23)CC[C@H](C(=O)C2CC23CC(C)(C=N)C[C@@H]3O)C4)CC1. The highest BCUT2D eigenvalue weighted by molar-refractivity contribution is 7.19. The number of hydrogen-bond acceptors (Lipinski definition) is 10. The molecule has 2 saturated carbocycles. The number of aromatic amines is 1. The van der Waals surface area contributed by atoms with Crippen molar-refractivity contribution in [3.05, 3.63) is 35.1 Å². The number of aliphatic hydroxyl groups is 1. The number of hydrogen-bond donors (Lipinski definition) is 4. The molecule has 0 bridgehead atoms. The molecule has 1 saturated heterocycles. The summed E-state index contributed by atoms with van der Waals surface area (Å²) in [5.74, 6) is 1.02. The van der Waals surface area contributed by atoms with Crippen molar-refractivity contribution >= 4 is 61.6 Å². The summed E-state index contributed by atoms with van der Waals surface area (Å²) in [7, 11) is 4.33. The summed E-state index contributed by atoms with van der Waals surface area (Å²) in [4.78, 5) is 30.2. The maximum absolute atomic E-state index is 13.8. The summed E-state index contributed by atoms with van der Waals surface area (Å²) >= 11 is 1.69. The normalized spacial score (nSPS) is 30.0. The van der Waals surface area contributed by atoms with Crippen LogP contribution in [0.15, 0.2) is 24.7 Å². The summed E-state index contributed by atoms with van der Waals surface area (Å²) in [6.07, 6.45) is 11.2. The maximum Gasteiger partial charge on any atom is 0.142 e. The van der Waals surface area contributed by atoms with Gasteiger partial charge in [0.15, 0.2) is 0 Å². The van der Waals surface area contributed by atoms with Crippen LogP contribution in [-0.4, -0.2) is 81.5 Å². The van der Waals surface area contributed by atoms with Crippen LogP contribution in [-0.2, 0) is 17.6 Å². The first-order chi connectivity index (χ1) is 21.7. The van der Waals surface area contributed by atoms with Crippen LogP contribution in [0.25, 0.3) is 21.1 Å². The molecule has 0 radical (unpaired) electrons. The number of benzene rings is 1. The van der Waals surface area contributed by atoms with Gasteiger partial charge in [0, 0.05) is 58.3 Å². The standard InChI is InChI=1S/C34H42N8O2S/c1-33(17-35)14-28(43)34(16-33)13-23(34)30(44)19-4-5-22-27(11-19)45-32-29(22)31(36-18-37-32)39-25-10-20-15-38-40-24(20)12-26(25)42-8-6-21(7-9-42)41(2)3/h10,12,15,17-19,21,23,28,35,43H,4-9,11,13-14,16H2,1-3H3,(H,38,40)(H,36,37,39)/t19-,23?,28-,33?,34?/m0/s1. The molecule has 5 atom stereocenters. The lowest BCUT2D eigenvalue weighted by Gasteiger charge is -2.37. The van der Waals surface area contributed by atoms with Gasteiger partial charge in [0.2, 0.25) is 0 Å². The number of rotatable bonds is 7. The fraction of sp³-hybridized carbons (Fsp3) is 0.559. The van der Waals surface area contributed by atoms with Crippen molar-refractivity contribution < 1.29 is 9.90 Å². The Hall–Kier alpha value is -3.41. The Morgan fingerprint density at radius 1 is 1.22 bits per heavy atom. The predicted molar refractivity (Wildman–Crippen MR) is 179 cm³/mol. The number of aryl methyl sites for hydroxylation is 1. The minimum absolute atomic E-state index is 0.0291. The van der Waals surface area contributed by atoms with Gasteiger partial charge >= 0.3 is 0 Å². The Labute approximate surface area is 267 Å². The number of carbonyl (C=O) groups excluding carboxylic acids is 1. The second-order valence-electron chi connectivity index (χ2n) is 14.6. The number of ketones is 1. The Kier molecular flexibility index (Phi) is 6.82. The third kappa shape index (κ3) is 4.77. The van der Waals surface area contributed by atoms with Gasteiger partial charge in [-0.3, -0.25) is 9.89 Å². The van der Waals surface area contributed by atoms with Crippen molar-refractivity contribution in [1.29, 1.82) is 5.41 Å². The number of aromatic nitrogens is 4. The molecule has 8 rings (SSSR count). The van der Waals surface area contributed by atoms with Gasteiger partial charge in [-0.25, -0.2) is 9.97 Å². The van der Waals surface area contributed by atoms with Crippen LogP contribution in [0, 0.1) is 28.1 Å². The number of thiophene rings is 1. The molecular formula is C34H42N8O2S. The number of anilines is 3. The molecule has 3 aromatic heterocycles. The van der Waals surface area contributed by atoms with E-state index in [-0.39, 0.29) is 22.7 Å². The molecule has 1 spiro atoms. The largest absolute Gasteiger partial charge is 0.392 e. The van der Waals surface area contributed by atoms with Crippen LogP contribution in [0.1, 0.15) is 55.9 Å². The number of aliphatic hydroxyl groups excluding tert-OH is 1. The van der Waals surface area contributed by atoms with Crippen LogP contribution in [0.2, 0.25) is 0 Å². The molecular weight excluding hydrogens is 584 g/mol. The molecule has 4 aromatic rings. The van der Waals surface area contributed by atoms with Crippen molar-refractivity contribution in [1.82, 2.24) is 25.1 Å². The maximum atomic E-state index is 13.8. The van der Waals surface area contributed by atoms with E-state index >= 15 is 0 Å². The quantitative estimate of drug-likeness (QED) is 0.202. The van der Waals surface area contributed by atoms with E-state index in [1.165, 1.54) is 16.7 Å². The molecule has 45 heavy (non-hydrogen) atoms. The van der Waals surface area contributed by atoms with Gasteiger partial charge < -0.3 is 25.6 Å². The minimum Gasteiger partial charge on any atom is -0.392 e. The molecule has 1 aliphatic heterocycles. The molecule has 3 unspecified atom stereocenters. The molecule has 3 aliphatic carbocycles. The highest BCUT2D eigenvalue weighted by Gasteiger charge is 2.68. The first-order valence-electron chi connectivity index (χ1n) is 16.3. The summed E-state index contributed by atoms with van der Waals surface area (Å²) in [5, 5.41) is 32.0. The molecule has 11 heteroatoms. The van der Waals surface area contributed by atoms with Gasteiger partial charge in [-0.05, 0) is 83.2 Å². The molecule has 1 aromatic carbocycles. The van der Waals surface area contributed by atoms with E-state index in [0.29, 0.717) is 18.2 Å². The first kappa shape index (κ1) is 29.0. The second-order valence-corrected chi connectivity index (χ2v) is 15.7. The zero-order valence-electron chi connectivity index (χ0n) is 26.3. The van der Waals surface area contributed by atoms with Crippen LogP contribution in [0.4, 0.5) is 17.2 Å². The van der Waals surface area contributed by atoms with Crippen molar-refractivity contribution in [3.63, 3.8) is 0 Å². The van der Waals surface area contributed by atoms with Crippen LogP contribution < -0.4 is 10.2 Å². The average Bonchev–Trinajstić information content (AvgIpc) is 3.28. The fourth-order valence-electron chi connectivity index (χ4n) is 8.79. The first-order valence-corrected chi connectivity index (χ1v) is 17.1. The molecule has 236 valence electrons. The monoisotopic (exact) mass is 626 g/mol. The van der Waals surface area contributed by atoms with E-state index in [4.69, 9.17) is 10.4 Å². The number of piperidine rings is 1. The van der Waals surface area contributed by atoms with E-state index in [0.717, 1.165) is 96.3 Å². The molecule has 4 aliphatic rings. The smallest absolute Gasteiger partial charge is 0.142 e. The van der Waals surface area contributed by atoms with Crippen molar-refractivity contribution in [3.8, 4) is 0 Å². The lowest BCUT2D eigenvalue weighted by molar-refractivity contribution is -0.125. The minimum atomic E-state index is -0.490. The van der Waals surface area contributed by atoms with E-state index in [9.17, 15) is 9.90 Å². The molecule has 4 N–H and O–H groups in total. The predicted octanol–water partition coefficient (Wildman–Crippen LogP) is 5.33. The van der Waals surface area contributed by atoms with Gasteiger partial charge in [0.1, 0.15) is 22.8 Å². The van der Waals surface area contributed by atoms with Crippen LogP contribution in [0.3, 0.4) is 0 Å². The number of H-pyrrole nitrogens is 1. The number of carbonyl (C=O) groups is 1. The van der Waals surface area contributed by atoms with Crippen LogP contribution >= 0.6 is 11.3 Å². The third-order valence-corrected chi connectivity index (χ3v) is 12.6. The Morgan fingerprint density at radius 2 is 2.04 bits per heavy atom. The van der Waals surface area contributed by atoms with Gasteiger partial charge in [-0.2, -0.15) is 5.10 Å². The molecule has 3 fully saturated rings. The number of fused-ring (bicyclic) bond motifs is 4. The molecule has 0 amide bonds. The fourth-order valence-corrected chi connectivity index (χ4v) is 10.1. The van der Waals surface area contributed by atoms with Crippen molar-refractivity contribution in [2.75, 3.05) is 37.4 Å². The van der Waals surface area contributed by atoms with E-state index in [1.54, 1.807) is 17.7 Å².